The van der Waals surface area contributed by atoms with Crippen molar-refractivity contribution in [2.45, 2.75) is 25.1 Å². The number of halogens is 3. The molecule has 0 bridgehead atoms. The van der Waals surface area contributed by atoms with Gasteiger partial charge in [-0.05, 0) is 16.7 Å². The Morgan fingerprint density at radius 1 is 0.838 bits per heavy atom. The fourth-order valence-electron chi connectivity index (χ4n) is 2.93. The van der Waals surface area contributed by atoms with E-state index in [2.05, 4.69) is 25.7 Å². The molecule has 2 rings (SSSR count). The molecule has 198 valence electrons. The smallest absolute Gasteiger partial charge is 0.352 e. The van der Waals surface area contributed by atoms with E-state index in [4.69, 9.17) is 5.73 Å². The molecule has 1 atom stereocenters. The number of carbonyl (C=O) groups excluding carboxylic acids is 5. The van der Waals surface area contributed by atoms with E-state index < -0.39 is 55.0 Å². The van der Waals surface area contributed by atoms with E-state index in [1.54, 1.807) is 24.3 Å². The van der Waals surface area contributed by atoms with Crippen molar-refractivity contribution in [3.63, 3.8) is 0 Å². The molecule has 0 aliphatic rings. The number of hydrogen-bond donors (Lipinski definition) is 4. The third kappa shape index (κ3) is 10.3. The maximum Gasteiger partial charge on any atom is 0.495 e. The van der Waals surface area contributed by atoms with Crippen molar-refractivity contribution < 1.29 is 46.9 Å². The lowest BCUT2D eigenvalue weighted by atomic mass is 9.99. The lowest BCUT2D eigenvalue weighted by Gasteiger charge is -2.19. The number of alkyl halides is 3. The first-order chi connectivity index (χ1) is 17.5. The van der Waals surface area contributed by atoms with Gasteiger partial charge in [-0.3, -0.25) is 9.59 Å². The van der Waals surface area contributed by atoms with Gasteiger partial charge in [0.2, 0.25) is 11.8 Å². The highest BCUT2D eigenvalue weighted by molar-refractivity contribution is 5.85. The van der Waals surface area contributed by atoms with Crippen molar-refractivity contribution >= 4 is 29.8 Å². The number of urea groups is 1. The number of benzene rings is 2. The van der Waals surface area contributed by atoms with Crippen molar-refractivity contribution in [1.29, 1.82) is 0 Å². The normalized spacial score (nSPS) is 11.5. The highest BCUT2D eigenvalue weighted by atomic mass is 19.4. The average Bonchev–Trinajstić information content (AvgIpc) is 2.85. The molecule has 14 heteroatoms. The molecule has 0 saturated heterocycles. The molecule has 11 nitrogen and oxygen atoms in total. The number of nitrogens with one attached hydrogen (secondary N) is 3. The fraction of sp³-hybridized carbons (Fsp3) is 0.261. The highest BCUT2D eigenvalue weighted by Gasteiger charge is 2.43. The summed E-state index contributed by atoms with van der Waals surface area (Å²) in [5.41, 5.74) is 6.97. The number of rotatable bonds is 10. The predicted molar refractivity (Wildman–Crippen MR) is 121 cm³/mol. The summed E-state index contributed by atoms with van der Waals surface area (Å²) in [5, 5.41) is 6.97. The van der Waals surface area contributed by atoms with Gasteiger partial charge < -0.3 is 21.7 Å². The Morgan fingerprint density at radius 2 is 1.46 bits per heavy atom. The number of amides is 4. The van der Waals surface area contributed by atoms with E-state index in [9.17, 15) is 37.1 Å². The molecule has 0 fully saturated rings. The van der Waals surface area contributed by atoms with Gasteiger partial charge in [0.05, 0.1) is 19.0 Å². The van der Waals surface area contributed by atoms with Crippen LogP contribution in [0.25, 0.3) is 11.1 Å². The Bertz CT molecular complexity index is 1110. The molecule has 0 heterocycles. The lowest BCUT2D eigenvalue weighted by Crippen LogP contribution is -2.40. The van der Waals surface area contributed by atoms with E-state index in [-0.39, 0.29) is 13.0 Å². The van der Waals surface area contributed by atoms with Gasteiger partial charge in [0, 0.05) is 13.0 Å². The molecule has 0 radical (unpaired) electrons. The highest BCUT2D eigenvalue weighted by Crippen LogP contribution is 2.24. The van der Waals surface area contributed by atoms with Crippen molar-refractivity contribution in [1.82, 2.24) is 16.0 Å². The Balaban J connectivity index is 2.06. The number of nitrogens with two attached hydrogens (primary N) is 1. The van der Waals surface area contributed by atoms with Crippen LogP contribution < -0.4 is 21.7 Å². The van der Waals surface area contributed by atoms with Crippen LogP contribution in [0.5, 0.6) is 0 Å². The molecule has 0 aliphatic heterocycles. The Morgan fingerprint density at radius 3 is 2.05 bits per heavy atom. The van der Waals surface area contributed by atoms with Crippen molar-refractivity contribution in [3.05, 3.63) is 60.2 Å². The Labute approximate surface area is 208 Å². The maximum atomic E-state index is 12.4. The van der Waals surface area contributed by atoms with Gasteiger partial charge in [0.1, 0.15) is 0 Å². The fourth-order valence-corrected chi connectivity index (χ4v) is 2.93. The summed E-state index contributed by atoms with van der Waals surface area (Å²) < 4.78 is 36.8. The molecule has 0 aliphatic carbocycles. The quantitative estimate of drug-likeness (QED) is 0.271. The van der Waals surface area contributed by atoms with Crippen LogP contribution in [0.3, 0.4) is 0 Å². The summed E-state index contributed by atoms with van der Waals surface area (Å²) >= 11 is 0. The lowest BCUT2D eigenvalue weighted by molar-refractivity contribution is -0.286. The number of hydrogen-bond acceptors (Lipinski definition) is 7. The van der Waals surface area contributed by atoms with E-state index in [0.717, 1.165) is 11.1 Å². The molecular weight excluding hydrogens is 501 g/mol. The van der Waals surface area contributed by atoms with Gasteiger partial charge in [0.15, 0.2) is 0 Å². The summed E-state index contributed by atoms with van der Waals surface area (Å²) in [5.74, 6) is -5.40. The molecule has 2 aromatic rings. The van der Waals surface area contributed by atoms with Gasteiger partial charge >= 0.3 is 24.1 Å². The monoisotopic (exact) mass is 524 g/mol. The topological polar surface area (TPSA) is 166 Å². The molecule has 37 heavy (non-hydrogen) atoms. The summed E-state index contributed by atoms with van der Waals surface area (Å²) in [7, 11) is 0. The third-order valence-corrected chi connectivity index (χ3v) is 4.67. The standard InChI is InChI=1S/C23H23F3N4O7/c24-23(25,26)21(34)37-36-20(33)12-17(30-19(32)13-29-18(31)10-11-28-22(27)35)16-8-6-15(7-9-16)14-4-2-1-3-5-14/h1-9,17H,10-13H2,(H,29,31)(H,30,32)(H3,27,28,35). The SMILES string of the molecule is NC(=O)NCCC(=O)NCC(=O)NC(CC(=O)OOC(=O)C(F)(F)F)c1ccc(-c2ccccc2)cc1. The first-order valence-corrected chi connectivity index (χ1v) is 10.7. The van der Waals surface area contributed by atoms with Gasteiger partial charge in [-0.15, -0.1) is 0 Å². The van der Waals surface area contributed by atoms with Crippen LogP contribution in [0.1, 0.15) is 24.4 Å². The van der Waals surface area contributed by atoms with Crippen molar-refractivity contribution in [2.75, 3.05) is 13.1 Å². The molecule has 5 N–H and O–H groups in total. The molecule has 0 saturated carbocycles. The van der Waals surface area contributed by atoms with Crippen LogP contribution in [0, 0.1) is 0 Å². The van der Waals surface area contributed by atoms with Crippen LogP contribution in [0.15, 0.2) is 54.6 Å². The van der Waals surface area contributed by atoms with E-state index in [1.807, 2.05) is 30.3 Å². The summed E-state index contributed by atoms with van der Waals surface area (Å²) in [4.78, 5) is 65.0. The van der Waals surface area contributed by atoms with Crippen LogP contribution in [-0.4, -0.2) is 49.0 Å². The minimum Gasteiger partial charge on any atom is -0.352 e. The first-order valence-electron chi connectivity index (χ1n) is 10.7. The molecule has 0 aromatic heterocycles. The molecule has 1 unspecified atom stereocenters. The summed E-state index contributed by atoms with van der Waals surface area (Å²) in [6, 6.07) is 13.9. The Hall–Kier alpha value is -4.62. The maximum absolute atomic E-state index is 12.4. The molecule has 0 spiro atoms. The van der Waals surface area contributed by atoms with E-state index in [0.29, 0.717) is 5.56 Å². The second kappa shape index (κ2) is 13.5. The van der Waals surface area contributed by atoms with Crippen molar-refractivity contribution in [2.24, 2.45) is 5.73 Å². The van der Waals surface area contributed by atoms with Crippen LogP contribution in [0.4, 0.5) is 18.0 Å². The second-order valence-corrected chi connectivity index (χ2v) is 7.45. The summed E-state index contributed by atoms with van der Waals surface area (Å²) in [6.07, 6.45) is -6.22. The second-order valence-electron chi connectivity index (χ2n) is 7.45. The predicted octanol–water partition coefficient (Wildman–Crippen LogP) is 1.64. The van der Waals surface area contributed by atoms with Crippen LogP contribution in [0.2, 0.25) is 0 Å². The summed E-state index contributed by atoms with van der Waals surface area (Å²) in [6.45, 7) is -0.562. The van der Waals surface area contributed by atoms with Crippen LogP contribution >= 0.6 is 0 Å². The number of primary amides is 1. The third-order valence-electron chi connectivity index (χ3n) is 4.67. The zero-order valence-electron chi connectivity index (χ0n) is 19.2. The largest absolute Gasteiger partial charge is 0.495 e. The van der Waals surface area contributed by atoms with Crippen molar-refractivity contribution in [3.8, 4) is 11.1 Å². The van der Waals surface area contributed by atoms with Gasteiger partial charge in [-0.1, -0.05) is 54.6 Å². The van der Waals surface area contributed by atoms with Gasteiger partial charge in [-0.25, -0.2) is 24.2 Å². The minimum atomic E-state index is -5.37. The van der Waals surface area contributed by atoms with Crippen LogP contribution in [-0.2, 0) is 29.0 Å². The molecule has 2 aromatic carbocycles. The zero-order chi connectivity index (χ0) is 27.4. The van der Waals surface area contributed by atoms with E-state index in [1.165, 1.54) is 0 Å². The first kappa shape index (κ1) is 28.6. The average molecular weight is 524 g/mol. The van der Waals surface area contributed by atoms with Gasteiger partial charge in [-0.2, -0.15) is 13.2 Å². The minimum absolute atomic E-state index is 0.0539. The number of carbonyl (C=O) groups is 5. The molecule has 4 amide bonds. The molecular formula is C23H23F3N4O7. The zero-order valence-corrected chi connectivity index (χ0v) is 19.2. The van der Waals surface area contributed by atoms with Gasteiger partial charge in [0.25, 0.3) is 0 Å². The van der Waals surface area contributed by atoms with E-state index >= 15 is 0 Å². The Kier molecular flexibility index (Phi) is 10.4.